The van der Waals surface area contributed by atoms with Crippen LogP contribution in [-0.4, -0.2) is 40.7 Å². The number of alkyl halides is 1. The first kappa shape index (κ1) is 21.8. The van der Waals surface area contributed by atoms with Crippen LogP contribution in [0.25, 0.3) is 21.0 Å². The third-order valence-electron chi connectivity index (χ3n) is 6.57. The van der Waals surface area contributed by atoms with Gasteiger partial charge in [0.1, 0.15) is 17.0 Å². The molecule has 3 atom stereocenters. The molecular weight excluding hydrogens is 444 g/mol. The molecule has 1 saturated heterocycles. The molecule has 1 unspecified atom stereocenters. The minimum absolute atomic E-state index is 0.210. The van der Waals surface area contributed by atoms with E-state index in [2.05, 4.69) is 41.1 Å². The van der Waals surface area contributed by atoms with Crippen molar-refractivity contribution in [3.63, 3.8) is 0 Å². The van der Waals surface area contributed by atoms with Gasteiger partial charge in [0.05, 0.1) is 16.8 Å². The highest BCUT2D eigenvalue weighted by molar-refractivity contribution is 7.99. The van der Waals surface area contributed by atoms with Crippen molar-refractivity contribution >= 4 is 28.8 Å². The maximum atomic E-state index is 14.0. The summed E-state index contributed by atoms with van der Waals surface area (Å²) in [5, 5.41) is 0.772. The van der Waals surface area contributed by atoms with Crippen LogP contribution in [-0.2, 0) is 0 Å². The average molecular weight is 472 g/mol. The molecule has 0 bridgehead atoms. The number of nitrogens with zero attached hydrogens (tertiary/aromatic N) is 3. The Hall–Kier alpha value is -1.99. The van der Waals surface area contributed by atoms with Gasteiger partial charge in [0.15, 0.2) is 0 Å². The van der Waals surface area contributed by atoms with E-state index in [9.17, 15) is 8.78 Å². The normalized spacial score (nSPS) is 24.0. The van der Waals surface area contributed by atoms with Crippen LogP contribution in [0.5, 0.6) is 0 Å². The lowest BCUT2D eigenvalue weighted by molar-refractivity contribution is 0.185. The van der Waals surface area contributed by atoms with E-state index in [-0.39, 0.29) is 17.7 Å². The third kappa shape index (κ3) is 4.55. The molecular formula is C25H27F2N3S2. The number of thiazole rings is 1. The van der Waals surface area contributed by atoms with Crippen molar-refractivity contribution in [1.82, 2.24) is 9.97 Å². The van der Waals surface area contributed by atoms with E-state index in [4.69, 9.17) is 4.98 Å². The molecule has 0 spiro atoms. The summed E-state index contributed by atoms with van der Waals surface area (Å²) in [5.74, 6) is 2.41. The number of rotatable bonds is 4. The summed E-state index contributed by atoms with van der Waals surface area (Å²) < 4.78 is 27.8. The standard InChI is InChI=1S/C25H27F2N3S2/c1-16-12-19(26)4-7-22(16)23-24(32-25(29-23)18-13-20(27)15-28-14-18)17-2-5-21(6-3-17)30-8-10-31-11-9-30/h2-3,5-6,13-16,19,22H,4,7-12H2,1H3/t16?,19-,22+/m0/s1. The molecule has 32 heavy (non-hydrogen) atoms. The van der Waals surface area contributed by atoms with E-state index >= 15 is 0 Å². The summed E-state index contributed by atoms with van der Waals surface area (Å²) in [6.45, 7) is 4.29. The second kappa shape index (κ2) is 9.48. The van der Waals surface area contributed by atoms with Gasteiger partial charge < -0.3 is 4.90 Å². The van der Waals surface area contributed by atoms with Crippen LogP contribution in [0.15, 0.2) is 42.7 Å². The predicted molar refractivity (Wildman–Crippen MR) is 131 cm³/mol. The van der Waals surface area contributed by atoms with Crippen LogP contribution in [0.2, 0.25) is 0 Å². The summed E-state index contributed by atoms with van der Waals surface area (Å²) in [6.07, 6.45) is 4.09. The van der Waals surface area contributed by atoms with Crippen LogP contribution in [0.1, 0.15) is 37.8 Å². The van der Waals surface area contributed by atoms with E-state index < -0.39 is 6.17 Å². The van der Waals surface area contributed by atoms with Gasteiger partial charge in [0.2, 0.25) is 0 Å². The second-order valence-corrected chi connectivity index (χ2v) is 11.0. The van der Waals surface area contributed by atoms with Gasteiger partial charge >= 0.3 is 0 Å². The largest absolute Gasteiger partial charge is 0.370 e. The molecule has 0 amide bonds. The Morgan fingerprint density at radius 1 is 1.03 bits per heavy atom. The van der Waals surface area contributed by atoms with Crippen LogP contribution >= 0.6 is 23.1 Å². The molecule has 2 aliphatic rings. The SMILES string of the molecule is CC1C[C@@H](F)CC[C@H]1c1nc(-c2cncc(F)c2)sc1-c1ccc(N2CCSCC2)cc1. The number of pyridine rings is 1. The number of thioether (sulfide) groups is 1. The van der Waals surface area contributed by atoms with Crippen molar-refractivity contribution < 1.29 is 8.78 Å². The van der Waals surface area contributed by atoms with Crippen LogP contribution in [0.3, 0.4) is 0 Å². The molecule has 3 nitrogen and oxygen atoms in total. The van der Waals surface area contributed by atoms with Crippen molar-refractivity contribution in [2.24, 2.45) is 5.92 Å². The van der Waals surface area contributed by atoms with E-state index in [1.54, 1.807) is 17.5 Å². The first-order valence-electron chi connectivity index (χ1n) is 11.3. The van der Waals surface area contributed by atoms with Crippen molar-refractivity contribution in [3.8, 4) is 21.0 Å². The average Bonchev–Trinajstić information content (AvgIpc) is 3.25. The highest BCUT2D eigenvalue weighted by Crippen LogP contribution is 2.46. The molecule has 5 rings (SSSR count). The molecule has 1 aliphatic heterocycles. The number of anilines is 1. The molecule has 1 aromatic carbocycles. The molecule has 1 saturated carbocycles. The zero-order valence-electron chi connectivity index (χ0n) is 18.1. The lowest BCUT2D eigenvalue weighted by Crippen LogP contribution is -2.32. The number of hydrogen-bond donors (Lipinski definition) is 0. The first-order valence-corrected chi connectivity index (χ1v) is 13.2. The Labute approximate surface area is 196 Å². The number of benzene rings is 1. The van der Waals surface area contributed by atoms with Gasteiger partial charge in [-0.15, -0.1) is 11.3 Å². The fourth-order valence-electron chi connectivity index (χ4n) is 4.82. The van der Waals surface area contributed by atoms with Crippen LogP contribution < -0.4 is 4.90 Å². The maximum absolute atomic E-state index is 14.0. The lowest BCUT2D eigenvalue weighted by Gasteiger charge is -2.30. The Bertz CT molecular complexity index is 1060. The molecule has 7 heteroatoms. The molecule has 3 aromatic rings. The van der Waals surface area contributed by atoms with Gasteiger partial charge in [-0.25, -0.2) is 13.8 Å². The summed E-state index contributed by atoms with van der Waals surface area (Å²) in [7, 11) is 0. The van der Waals surface area contributed by atoms with Crippen molar-refractivity contribution in [2.75, 3.05) is 29.5 Å². The first-order chi connectivity index (χ1) is 15.6. The van der Waals surface area contributed by atoms with E-state index in [0.29, 0.717) is 18.4 Å². The van der Waals surface area contributed by atoms with Crippen molar-refractivity contribution in [3.05, 3.63) is 54.2 Å². The fraction of sp³-hybridized carbons (Fsp3) is 0.440. The van der Waals surface area contributed by atoms with Gasteiger partial charge in [0.25, 0.3) is 0 Å². The summed E-state index contributed by atoms with van der Waals surface area (Å²) in [4.78, 5) is 12.5. The number of aromatic nitrogens is 2. The highest BCUT2D eigenvalue weighted by atomic mass is 32.2. The van der Waals surface area contributed by atoms with Gasteiger partial charge in [-0.05, 0) is 48.9 Å². The molecule has 0 radical (unpaired) electrons. The number of hydrogen-bond acceptors (Lipinski definition) is 5. The zero-order chi connectivity index (χ0) is 22.1. The monoisotopic (exact) mass is 471 g/mol. The quantitative estimate of drug-likeness (QED) is 0.418. The Kier molecular flexibility index (Phi) is 6.47. The Balaban J connectivity index is 1.52. The fourth-order valence-corrected chi connectivity index (χ4v) is 6.85. The topological polar surface area (TPSA) is 29.0 Å². The van der Waals surface area contributed by atoms with Crippen molar-refractivity contribution in [2.45, 2.75) is 38.3 Å². The Morgan fingerprint density at radius 2 is 1.81 bits per heavy atom. The molecule has 2 fully saturated rings. The molecule has 2 aromatic heterocycles. The number of halogens is 2. The van der Waals surface area contributed by atoms with Crippen LogP contribution in [0, 0.1) is 11.7 Å². The van der Waals surface area contributed by atoms with Crippen LogP contribution in [0.4, 0.5) is 14.5 Å². The lowest BCUT2D eigenvalue weighted by atomic mass is 9.77. The predicted octanol–water partition coefficient (Wildman–Crippen LogP) is 6.81. The maximum Gasteiger partial charge on any atom is 0.142 e. The van der Waals surface area contributed by atoms with E-state index in [1.807, 2.05) is 11.8 Å². The third-order valence-corrected chi connectivity index (χ3v) is 8.68. The van der Waals surface area contributed by atoms with Gasteiger partial charge in [-0.2, -0.15) is 11.8 Å². The molecule has 3 heterocycles. The van der Waals surface area contributed by atoms with Crippen molar-refractivity contribution in [1.29, 1.82) is 0 Å². The smallest absolute Gasteiger partial charge is 0.142 e. The summed E-state index contributed by atoms with van der Waals surface area (Å²) >= 11 is 3.59. The van der Waals surface area contributed by atoms with Gasteiger partial charge in [-0.1, -0.05) is 19.1 Å². The summed E-state index contributed by atoms with van der Waals surface area (Å²) in [5.41, 5.74) is 4.09. The van der Waals surface area contributed by atoms with Gasteiger partial charge in [0, 0.05) is 48.0 Å². The minimum atomic E-state index is -0.725. The van der Waals surface area contributed by atoms with E-state index in [1.165, 1.54) is 29.5 Å². The molecule has 1 aliphatic carbocycles. The Morgan fingerprint density at radius 3 is 2.53 bits per heavy atom. The highest BCUT2D eigenvalue weighted by Gasteiger charge is 2.32. The molecule has 168 valence electrons. The zero-order valence-corrected chi connectivity index (χ0v) is 19.8. The van der Waals surface area contributed by atoms with E-state index in [0.717, 1.165) is 40.7 Å². The summed E-state index contributed by atoms with van der Waals surface area (Å²) in [6, 6.07) is 10.2. The minimum Gasteiger partial charge on any atom is -0.370 e. The van der Waals surface area contributed by atoms with Gasteiger partial charge in [-0.3, -0.25) is 4.98 Å². The second-order valence-electron chi connectivity index (χ2n) is 8.77. The molecule has 0 N–H and O–H groups in total.